The van der Waals surface area contributed by atoms with Gasteiger partial charge in [0.1, 0.15) is 17.3 Å². The third-order valence-corrected chi connectivity index (χ3v) is 3.97. The summed E-state index contributed by atoms with van der Waals surface area (Å²) in [5.41, 5.74) is 6.51. The van der Waals surface area contributed by atoms with Crippen LogP contribution in [0.3, 0.4) is 0 Å². The molecule has 2 rings (SSSR count). The lowest BCUT2D eigenvalue weighted by Crippen LogP contribution is -2.39. The predicted octanol–water partition coefficient (Wildman–Crippen LogP) is 2.20. The van der Waals surface area contributed by atoms with E-state index in [1.54, 1.807) is 0 Å². The summed E-state index contributed by atoms with van der Waals surface area (Å²) in [6.07, 6.45) is 2.65. The van der Waals surface area contributed by atoms with E-state index < -0.39 is 0 Å². The smallest absolute Gasteiger partial charge is 0.129 e. The minimum atomic E-state index is 0.378. The van der Waals surface area contributed by atoms with Gasteiger partial charge in [-0.15, -0.1) is 0 Å². The molecule has 1 aliphatic rings. The zero-order valence-corrected chi connectivity index (χ0v) is 13.4. The van der Waals surface area contributed by atoms with Gasteiger partial charge in [-0.05, 0) is 31.9 Å². The molecule has 0 radical (unpaired) electrons. The Labute approximate surface area is 132 Å². The van der Waals surface area contributed by atoms with Crippen molar-refractivity contribution in [1.82, 2.24) is 4.90 Å². The molecule has 0 atom stereocenters. The Hall–Kier alpha value is -1.17. The van der Waals surface area contributed by atoms with Crippen molar-refractivity contribution in [3.63, 3.8) is 0 Å². The van der Waals surface area contributed by atoms with Crippen molar-refractivity contribution in [1.29, 1.82) is 0 Å². The molecule has 0 unspecified atom stereocenters. The summed E-state index contributed by atoms with van der Waals surface area (Å²) in [6.45, 7) is 6.59. The summed E-state index contributed by atoms with van der Waals surface area (Å²) < 4.78 is 11.5. The van der Waals surface area contributed by atoms with Gasteiger partial charge in [-0.2, -0.15) is 0 Å². The van der Waals surface area contributed by atoms with Crippen molar-refractivity contribution in [2.45, 2.75) is 25.9 Å². The quantitative estimate of drug-likeness (QED) is 0.783. The van der Waals surface area contributed by atoms with Gasteiger partial charge in [-0.3, -0.25) is 4.90 Å². The van der Waals surface area contributed by atoms with E-state index in [4.69, 9.17) is 27.4 Å². The molecule has 0 bridgehead atoms. The molecule has 2 N–H and O–H groups in total. The van der Waals surface area contributed by atoms with Crippen molar-refractivity contribution in [3.05, 3.63) is 29.8 Å². The number of benzene rings is 1. The molecule has 116 valence electrons. The SMILES string of the molecule is CCOC1CCN(CCOc2ccccc2C(N)=S)CC1. The third kappa shape index (κ3) is 4.95. The Balaban J connectivity index is 1.74. The Morgan fingerprint density at radius 2 is 2.05 bits per heavy atom. The van der Waals surface area contributed by atoms with E-state index >= 15 is 0 Å². The van der Waals surface area contributed by atoms with E-state index in [1.165, 1.54) is 0 Å². The number of nitrogens with two attached hydrogens (primary N) is 1. The third-order valence-electron chi connectivity index (χ3n) is 3.75. The Morgan fingerprint density at radius 1 is 1.33 bits per heavy atom. The second-order valence-electron chi connectivity index (χ2n) is 5.21. The highest BCUT2D eigenvalue weighted by Crippen LogP contribution is 2.18. The molecule has 1 heterocycles. The van der Waals surface area contributed by atoms with Crippen LogP contribution in [0.25, 0.3) is 0 Å². The summed E-state index contributed by atoms with van der Waals surface area (Å²) in [4.78, 5) is 2.79. The molecule has 0 aromatic heterocycles. The van der Waals surface area contributed by atoms with E-state index in [0.29, 0.717) is 17.7 Å². The molecule has 1 fully saturated rings. The summed E-state index contributed by atoms with van der Waals surface area (Å²) in [7, 11) is 0. The van der Waals surface area contributed by atoms with Gasteiger partial charge >= 0.3 is 0 Å². The fraction of sp³-hybridized carbons (Fsp3) is 0.562. The molecule has 0 aliphatic carbocycles. The van der Waals surface area contributed by atoms with Crippen molar-refractivity contribution in [2.75, 3.05) is 32.8 Å². The first-order valence-electron chi connectivity index (χ1n) is 7.56. The van der Waals surface area contributed by atoms with Gasteiger partial charge in [0.25, 0.3) is 0 Å². The van der Waals surface area contributed by atoms with E-state index in [1.807, 2.05) is 24.3 Å². The van der Waals surface area contributed by atoms with Crippen molar-refractivity contribution >= 4 is 17.2 Å². The van der Waals surface area contributed by atoms with Gasteiger partial charge in [0, 0.05) is 26.2 Å². The van der Waals surface area contributed by atoms with Gasteiger partial charge in [0.05, 0.1) is 11.7 Å². The van der Waals surface area contributed by atoms with Gasteiger partial charge in [0.15, 0.2) is 0 Å². The highest BCUT2D eigenvalue weighted by Gasteiger charge is 2.18. The lowest BCUT2D eigenvalue weighted by molar-refractivity contribution is 0.0119. The van der Waals surface area contributed by atoms with Crippen LogP contribution in [0, 0.1) is 0 Å². The second-order valence-corrected chi connectivity index (χ2v) is 5.65. The lowest BCUT2D eigenvalue weighted by atomic mass is 10.1. The van der Waals surface area contributed by atoms with Crippen LogP contribution >= 0.6 is 12.2 Å². The number of hydrogen-bond donors (Lipinski definition) is 1. The van der Waals surface area contributed by atoms with Crippen molar-refractivity contribution in [2.24, 2.45) is 5.73 Å². The number of rotatable bonds is 7. The van der Waals surface area contributed by atoms with Gasteiger partial charge in [-0.1, -0.05) is 24.4 Å². The first-order valence-corrected chi connectivity index (χ1v) is 7.97. The minimum Gasteiger partial charge on any atom is -0.492 e. The molecule has 1 aliphatic heterocycles. The van der Waals surface area contributed by atoms with E-state index in [0.717, 1.165) is 50.4 Å². The average Bonchev–Trinajstić information content (AvgIpc) is 2.50. The molecule has 5 heteroatoms. The molecule has 0 amide bonds. The maximum absolute atomic E-state index is 5.84. The minimum absolute atomic E-state index is 0.378. The van der Waals surface area contributed by atoms with Crippen LogP contribution in [-0.4, -0.2) is 48.8 Å². The normalized spacial score (nSPS) is 16.8. The Bertz CT molecular complexity index is 459. The fourth-order valence-electron chi connectivity index (χ4n) is 2.62. The zero-order valence-electron chi connectivity index (χ0n) is 12.6. The lowest BCUT2D eigenvalue weighted by Gasteiger charge is -2.31. The van der Waals surface area contributed by atoms with Crippen LogP contribution in [0.15, 0.2) is 24.3 Å². The first-order chi connectivity index (χ1) is 10.2. The molecule has 0 saturated carbocycles. The van der Waals surface area contributed by atoms with E-state index in [9.17, 15) is 0 Å². The molecule has 1 aromatic carbocycles. The molecular formula is C16H24N2O2S. The van der Waals surface area contributed by atoms with Crippen molar-refractivity contribution < 1.29 is 9.47 Å². The maximum atomic E-state index is 5.84. The summed E-state index contributed by atoms with van der Waals surface area (Å²) >= 11 is 5.04. The number of nitrogens with zero attached hydrogens (tertiary/aromatic N) is 1. The van der Waals surface area contributed by atoms with Crippen LogP contribution < -0.4 is 10.5 Å². The topological polar surface area (TPSA) is 47.7 Å². The van der Waals surface area contributed by atoms with Gasteiger partial charge < -0.3 is 15.2 Å². The average molecular weight is 308 g/mol. The first kappa shape index (κ1) is 16.2. The number of piperidine rings is 1. The van der Waals surface area contributed by atoms with Gasteiger partial charge in [0.2, 0.25) is 0 Å². The van der Waals surface area contributed by atoms with Crippen molar-refractivity contribution in [3.8, 4) is 5.75 Å². The number of para-hydroxylation sites is 1. The number of ether oxygens (including phenoxy) is 2. The van der Waals surface area contributed by atoms with Crippen LogP contribution in [0.5, 0.6) is 5.75 Å². The fourth-order valence-corrected chi connectivity index (χ4v) is 2.78. The zero-order chi connectivity index (χ0) is 15.1. The summed E-state index contributed by atoms with van der Waals surface area (Å²) in [5, 5.41) is 0. The molecule has 1 aromatic rings. The Kier molecular flexibility index (Phi) is 6.42. The molecule has 4 nitrogen and oxygen atoms in total. The molecular weight excluding hydrogens is 284 g/mol. The van der Waals surface area contributed by atoms with Crippen LogP contribution in [-0.2, 0) is 4.74 Å². The maximum Gasteiger partial charge on any atom is 0.129 e. The monoisotopic (exact) mass is 308 g/mol. The van der Waals surface area contributed by atoms with Crippen LogP contribution in [0.2, 0.25) is 0 Å². The van der Waals surface area contributed by atoms with Crippen LogP contribution in [0.4, 0.5) is 0 Å². The van der Waals surface area contributed by atoms with E-state index in [-0.39, 0.29) is 0 Å². The summed E-state index contributed by atoms with van der Waals surface area (Å²) in [6, 6.07) is 7.66. The number of hydrogen-bond acceptors (Lipinski definition) is 4. The molecule has 0 spiro atoms. The molecule has 1 saturated heterocycles. The summed E-state index contributed by atoms with van der Waals surface area (Å²) in [5.74, 6) is 0.772. The second kappa shape index (κ2) is 8.32. The standard InChI is InChI=1S/C16H24N2O2S/c1-2-19-13-7-9-18(10-8-13)11-12-20-15-6-4-3-5-14(15)16(17)21/h3-6,13H,2,7-12H2,1H3,(H2,17,21). The van der Waals surface area contributed by atoms with Gasteiger partial charge in [-0.25, -0.2) is 0 Å². The highest BCUT2D eigenvalue weighted by molar-refractivity contribution is 7.80. The highest BCUT2D eigenvalue weighted by atomic mass is 32.1. The number of likely N-dealkylation sites (tertiary alicyclic amines) is 1. The van der Waals surface area contributed by atoms with E-state index in [2.05, 4.69) is 11.8 Å². The largest absolute Gasteiger partial charge is 0.492 e. The predicted molar refractivity (Wildman–Crippen MR) is 88.9 cm³/mol. The Morgan fingerprint density at radius 3 is 2.71 bits per heavy atom. The van der Waals surface area contributed by atoms with Crippen LogP contribution in [0.1, 0.15) is 25.3 Å². The molecule has 21 heavy (non-hydrogen) atoms. The number of thiocarbonyl (C=S) groups is 1.